The van der Waals surface area contributed by atoms with Crippen molar-refractivity contribution in [2.24, 2.45) is 0 Å². The molecule has 0 aliphatic heterocycles. The van der Waals surface area contributed by atoms with E-state index >= 15 is 0 Å². The molecule has 0 rings (SSSR count). The molecule has 73 heavy (non-hydrogen) atoms. The Hall–Kier alpha value is -1.85. The second-order valence-corrected chi connectivity index (χ2v) is 22.7. The molecule has 0 saturated heterocycles. The highest BCUT2D eigenvalue weighted by atomic mass is 16.6. The van der Waals surface area contributed by atoms with Crippen molar-refractivity contribution in [1.29, 1.82) is 0 Å². The largest absolute Gasteiger partial charge is 0.462 e. The van der Waals surface area contributed by atoms with Gasteiger partial charge >= 0.3 is 17.9 Å². The van der Waals surface area contributed by atoms with Gasteiger partial charge in [-0.05, 0) is 38.5 Å². The molecular formula is C67H128O6. The van der Waals surface area contributed by atoms with Crippen LogP contribution in [0.1, 0.15) is 380 Å². The summed E-state index contributed by atoms with van der Waals surface area (Å²) in [7, 11) is 0. The van der Waals surface area contributed by atoms with Crippen molar-refractivity contribution in [3.8, 4) is 0 Å². The highest BCUT2D eigenvalue weighted by Crippen LogP contribution is 2.19. The summed E-state index contributed by atoms with van der Waals surface area (Å²) >= 11 is 0. The lowest BCUT2D eigenvalue weighted by Gasteiger charge is -2.18. The quantitative estimate of drug-likeness (QED) is 0.0261. The summed E-state index contributed by atoms with van der Waals surface area (Å²) in [5.74, 6) is -0.857. The molecule has 0 aliphatic rings. The van der Waals surface area contributed by atoms with Crippen molar-refractivity contribution >= 4 is 17.9 Å². The number of carbonyl (C=O) groups excluding carboxylic acids is 3. The van der Waals surface area contributed by atoms with E-state index in [1.54, 1.807) is 0 Å². The predicted octanol–water partition coefficient (Wildman–Crippen LogP) is 22.4. The monoisotopic (exact) mass is 1030 g/mol. The molecule has 0 radical (unpaired) electrons. The van der Waals surface area contributed by atoms with Crippen molar-refractivity contribution in [3.63, 3.8) is 0 Å². The van der Waals surface area contributed by atoms with Crippen molar-refractivity contribution in [3.05, 3.63) is 12.2 Å². The molecule has 0 aliphatic carbocycles. The van der Waals surface area contributed by atoms with Gasteiger partial charge in [0.05, 0.1) is 0 Å². The highest BCUT2D eigenvalue weighted by molar-refractivity contribution is 5.71. The van der Waals surface area contributed by atoms with Gasteiger partial charge in [-0.25, -0.2) is 0 Å². The summed E-state index contributed by atoms with van der Waals surface area (Å²) in [4.78, 5) is 38.0. The van der Waals surface area contributed by atoms with E-state index in [-0.39, 0.29) is 31.1 Å². The average Bonchev–Trinajstić information content (AvgIpc) is 3.39. The van der Waals surface area contributed by atoms with Crippen LogP contribution in [-0.2, 0) is 28.6 Å². The van der Waals surface area contributed by atoms with Crippen LogP contribution >= 0.6 is 0 Å². The van der Waals surface area contributed by atoms with Gasteiger partial charge in [0, 0.05) is 19.3 Å². The van der Waals surface area contributed by atoms with E-state index in [0.29, 0.717) is 19.3 Å². The number of hydrogen-bond donors (Lipinski definition) is 0. The molecule has 0 fully saturated rings. The highest BCUT2D eigenvalue weighted by Gasteiger charge is 2.19. The molecule has 0 amide bonds. The topological polar surface area (TPSA) is 78.9 Å². The zero-order valence-corrected chi connectivity index (χ0v) is 49.7. The molecule has 0 bridgehead atoms. The molecule has 0 aromatic heterocycles. The van der Waals surface area contributed by atoms with Crippen molar-refractivity contribution in [2.45, 2.75) is 386 Å². The fraction of sp³-hybridized carbons (Fsp3) is 0.925. The number of esters is 3. The Labute approximate surface area is 456 Å². The molecule has 0 aromatic rings. The molecule has 0 N–H and O–H groups in total. The fourth-order valence-corrected chi connectivity index (χ4v) is 10.3. The Balaban J connectivity index is 3.90. The van der Waals surface area contributed by atoms with Crippen LogP contribution < -0.4 is 0 Å². The van der Waals surface area contributed by atoms with Crippen molar-refractivity contribution in [1.82, 2.24) is 0 Å². The zero-order valence-electron chi connectivity index (χ0n) is 49.7. The number of ether oxygens (including phenoxy) is 3. The minimum absolute atomic E-state index is 0.0679. The Morgan fingerprint density at radius 2 is 0.466 bits per heavy atom. The van der Waals surface area contributed by atoms with Crippen LogP contribution in [0.25, 0.3) is 0 Å². The number of hydrogen-bond acceptors (Lipinski definition) is 6. The average molecular weight is 1030 g/mol. The number of rotatable bonds is 62. The summed E-state index contributed by atoms with van der Waals surface area (Å²) in [5, 5.41) is 0. The Kier molecular flexibility index (Phi) is 61.1. The summed E-state index contributed by atoms with van der Waals surface area (Å²) < 4.78 is 16.8. The Morgan fingerprint density at radius 3 is 0.726 bits per heavy atom. The Bertz CT molecular complexity index is 1130. The van der Waals surface area contributed by atoms with Gasteiger partial charge in [-0.15, -0.1) is 0 Å². The first-order valence-electron chi connectivity index (χ1n) is 33.2. The molecule has 1 atom stereocenters. The lowest BCUT2D eigenvalue weighted by Crippen LogP contribution is -2.30. The SMILES string of the molecule is CCCC/C=C\CCCCCCCC(=O)OC(COC(=O)CCCCCCCCCCCC)COC(=O)CCCCCCCCCCCCCCCCCCCCCCCCCCCCCCCCCCCC. The lowest BCUT2D eigenvalue weighted by molar-refractivity contribution is -0.167. The van der Waals surface area contributed by atoms with Crippen LogP contribution in [0.2, 0.25) is 0 Å². The number of carbonyl (C=O) groups is 3. The van der Waals surface area contributed by atoms with Gasteiger partial charge in [-0.3, -0.25) is 14.4 Å². The van der Waals surface area contributed by atoms with E-state index in [1.165, 1.54) is 276 Å². The van der Waals surface area contributed by atoms with E-state index in [9.17, 15) is 14.4 Å². The second-order valence-electron chi connectivity index (χ2n) is 22.7. The van der Waals surface area contributed by atoms with Gasteiger partial charge in [0.15, 0.2) is 6.10 Å². The number of unbranched alkanes of at least 4 members (excludes halogenated alkanes) is 49. The normalized spacial score (nSPS) is 12.0. The van der Waals surface area contributed by atoms with E-state index in [0.717, 1.165) is 64.2 Å². The summed E-state index contributed by atoms with van der Waals surface area (Å²) in [6.07, 6.45) is 74.2. The predicted molar refractivity (Wildman–Crippen MR) is 317 cm³/mol. The molecule has 6 nitrogen and oxygen atoms in total. The fourth-order valence-electron chi connectivity index (χ4n) is 10.3. The summed E-state index contributed by atoms with van der Waals surface area (Å²) in [6, 6.07) is 0. The zero-order chi connectivity index (χ0) is 52.9. The van der Waals surface area contributed by atoms with Crippen LogP contribution in [-0.4, -0.2) is 37.2 Å². The van der Waals surface area contributed by atoms with E-state index in [2.05, 4.69) is 32.9 Å². The lowest BCUT2D eigenvalue weighted by atomic mass is 10.0. The molecule has 1 unspecified atom stereocenters. The molecule has 0 heterocycles. The maximum atomic E-state index is 12.8. The molecule has 0 aromatic carbocycles. The van der Waals surface area contributed by atoms with E-state index in [4.69, 9.17) is 14.2 Å². The van der Waals surface area contributed by atoms with Gasteiger partial charge in [0.1, 0.15) is 13.2 Å². The molecule has 6 heteroatoms. The molecular weight excluding hydrogens is 901 g/mol. The first-order chi connectivity index (χ1) is 36.0. The van der Waals surface area contributed by atoms with Gasteiger partial charge in [-0.2, -0.15) is 0 Å². The summed E-state index contributed by atoms with van der Waals surface area (Å²) in [6.45, 7) is 6.64. The summed E-state index contributed by atoms with van der Waals surface area (Å²) in [5.41, 5.74) is 0. The van der Waals surface area contributed by atoms with Crippen LogP contribution in [0.3, 0.4) is 0 Å². The maximum Gasteiger partial charge on any atom is 0.306 e. The smallest absolute Gasteiger partial charge is 0.306 e. The second kappa shape index (κ2) is 62.7. The first kappa shape index (κ1) is 71.2. The van der Waals surface area contributed by atoms with Gasteiger partial charge in [0.2, 0.25) is 0 Å². The van der Waals surface area contributed by atoms with Crippen LogP contribution in [0.15, 0.2) is 12.2 Å². The Morgan fingerprint density at radius 1 is 0.260 bits per heavy atom. The van der Waals surface area contributed by atoms with E-state index in [1.807, 2.05) is 0 Å². The van der Waals surface area contributed by atoms with Gasteiger partial charge in [-0.1, -0.05) is 335 Å². The maximum absolute atomic E-state index is 12.8. The standard InChI is InChI=1S/C67H128O6/c1-4-7-10-13-16-19-22-23-24-25-26-27-28-29-30-31-32-33-34-35-36-37-38-39-40-41-42-43-44-46-48-51-54-57-60-66(69)72-63-64(62-71-65(68)59-56-53-50-47-21-18-15-12-9-6-3)73-67(70)61-58-55-52-49-45-20-17-14-11-8-5-2/h14,17,64H,4-13,15-16,18-63H2,1-3H3/b17-14-. The van der Waals surface area contributed by atoms with Crippen LogP contribution in [0.5, 0.6) is 0 Å². The van der Waals surface area contributed by atoms with Crippen molar-refractivity contribution < 1.29 is 28.6 Å². The van der Waals surface area contributed by atoms with Crippen molar-refractivity contribution in [2.75, 3.05) is 13.2 Å². The third-order valence-corrected chi connectivity index (χ3v) is 15.3. The minimum atomic E-state index is -0.768. The third-order valence-electron chi connectivity index (χ3n) is 15.3. The molecule has 0 spiro atoms. The molecule has 0 saturated carbocycles. The third kappa shape index (κ3) is 60.9. The van der Waals surface area contributed by atoms with Gasteiger partial charge in [0.25, 0.3) is 0 Å². The van der Waals surface area contributed by atoms with Crippen LogP contribution in [0, 0.1) is 0 Å². The molecule has 432 valence electrons. The minimum Gasteiger partial charge on any atom is -0.462 e. The van der Waals surface area contributed by atoms with Crippen LogP contribution in [0.4, 0.5) is 0 Å². The van der Waals surface area contributed by atoms with Gasteiger partial charge < -0.3 is 14.2 Å². The first-order valence-corrected chi connectivity index (χ1v) is 33.2. The number of allylic oxidation sites excluding steroid dienone is 2. The van der Waals surface area contributed by atoms with E-state index < -0.39 is 6.10 Å².